The molecule has 1 atom stereocenters. The molecule has 0 spiro atoms. The number of nitrogens with zero attached hydrogens (tertiary/aromatic N) is 1. The third kappa shape index (κ3) is 4.39. The fourth-order valence-electron chi connectivity index (χ4n) is 1.38. The second kappa shape index (κ2) is 6.86. The van der Waals surface area contributed by atoms with Crippen LogP contribution < -0.4 is 4.74 Å². The summed E-state index contributed by atoms with van der Waals surface area (Å²) >= 11 is 11.7. The number of hydrogen-bond donors (Lipinski definition) is 0. The molecule has 0 radical (unpaired) electrons. The average Bonchev–Trinajstić information content (AvgIpc) is 2.32. The van der Waals surface area contributed by atoms with E-state index in [0.29, 0.717) is 15.8 Å². The highest BCUT2D eigenvalue weighted by Gasteiger charge is 2.14. The van der Waals surface area contributed by atoms with Gasteiger partial charge in [-0.25, -0.2) is 0 Å². The van der Waals surface area contributed by atoms with Crippen LogP contribution in [0.1, 0.15) is 20.3 Å². The lowest BCUT2D eigenvalue weighted by atomic mass is 10.2. The number of likely N-dealkylation sites (N-methyl/N-ethyl adjacent to an activating group) is 1. The second-order valence-electron chi connectivity index (χ2n) is 4.16. The number of carbonyl (C=O) groups excluding carboxylic acids is 1. The summed E-state index contributed by atoms with van der Waals surface area (Å²) < 4.78 is 5.39. The maximum absolute atomic E-state index is 11.8. The van der Waals surface area contributed by atoms with Gasteiger partial charge in [0.1, 0.15) is 5.75 Å². The Labute approximate surface area is 118 Å². The molecule has 0 aliphatic heterocycles. The van der Waals surface area contributed by atoms with Gasteiger partial charge in [-0.2, -0.15) is 0 Å². The van der Waals surface area contributed by atoms with Gasteiger partial charge in [-0.3, -0.25) is 4.79 Å². The number of halogens is 2. The van der Waals surface area contributed by atoms with Crippen molar-refractivity contribution in [1.82, 2.24) is 4.90 Å². The molecule has 1 amide bonds. The number of benzene rings is 1. The lowest BCUT2D eigenvalue weighted by Gasteiger charge is -2.23. The van der Waals surface area contributed by atoms with Crippen molar-refractivity contribution < 1.29 is 9.53 Å². The van der Waals surface area contributed by atoms with Crippen molar-refractivity contribution in [3.8, 4) is 5.75 Å². The van der Waals surface area contributed by atoms with Crippen LogP contribution in [0.3, 0.4) is 0 Å². The Bertz CT molecular complexity index is 403. The van der Waals surface area contributed by atoms with E-state index in [-0.39, 0.29) is 18.6 Å². The molecule has 1 aromatic rings. The predicted octanol–water partition coefficient (Wildman–Crippen LogP) is 3.63. The Morgan fingerprint density at radius 2 is 1.89 bits per heavy atom. The highest BCUT2D eigenvalue weighted by Crippen LogP contribution is 2.24. The summed E-state index contributed by atoms with van der Waals surface area (Å²) in [7, 11) is 1.77. The van der Waals surface area contributed by atoms with Gasteiger partial charge < -0.3 is 9.64 Å². The van der Waals surface area contributed by atoms with Crippen molar-refractivity contribution in [3.05, 3.63) is 28.2 Å². The Morgan fingerprint density at radius 1 is 1.33 bits per heavy atom. The zero-order valence-corrected chi connectivity index (χ0v) is 12.3. The van der Waals surface area contributed by atoms with Crippen LogP contribution in [0.25, 0.3) is 0 Å². The number of ether oxygens (including phenoxy) is 1. The first-order valence-corrected chi connectivity index (χ1v) is 6.54. The van der Waals surface area contributed by atoms with Gasteiger partial charge in [0.15, 0.2) is 6.61 Å². The van der Waals surface area contributed by atoms with Crippen molar-refractivity contribution in [2.45, 2.75) is 26.3 Å². The molecule has 3 nitrogen and oxygen atoms in total. The zero-order valence-electron chi connectivity index (χ0n) is 10.7. The summed E-state index contributed by atoms with van der Waals surface area (Å²) in [5.74, 6) is 0.429. The van der Waals surface area contributed by atoms with Gasteiger partial charge in [0.25, 0.3) is 5.91 Å². The molecule has 0 aromatic heterocycles. The van der Waals surface area contributed by atoms with Crippen LogP contribution in [-0.2, 0) is 4.79 Å². The summed E-state index contributed by atoms with van der Waals surface area (Å²) in [5.41, 5.74) is 0. The molecule has 0 fully saturated rings. The second-order valence-corrected chi connectivity index (χ2v) is 5.03. The smallest absolute Gasteiger partial charge is 0.260 e. The van der Waals surface area contributed by atoms with E-state index in [9.17, 15) is 4.79 Å². The largest absolute Gasteiger partial charge is 0.484 e. The van der Waals surface area contributed by atoms with Gasteiger partial charge in [0, 0.05) is 23.1 Å². The van der Waals surface area contributed by atoms with Crippen molar-refractivity contribution in [2.75, 3.05) is 13.7 Å². The lowest BCUT2D eigenvalue weighted by Crippen LogP contribution is -2.37. The van der Waals surface area contributed by atoms with Crippen molar-refractivity contribution in [3.63, 3.8) is 0 Å². The van der Waals surface area contributed by atoms with Crippen LogP contribution in [0, 0.1) is 0 Å². The molecule has 0 saturated heterocycles. The van der Waals surface area contributed by atoms with E-state index in [1.807, 2.05) is 13.8 Å². The Morgan fingerprint density at radius 3 is 2.39 bits per heavy atom. The van der Waals surface area contributed by atoms with Crippen LogP contribution >= 0.6 is 23.2 Å². The third-order valence-electron chi connectivity index (χ3n) is 2.84. The zero-order chi connectivity index (χ0) is 13.7. The van der Waals surface area contributed by atoms with E-state index in [2.05, 4.69) is 0 Å². The highest BCUT2D eigenvalue weighted by atomic mass is 35.5. The van der Waals surface area contributed by atoms with Crippen LogP contribution in [0.2, 0.25) is 10.0 Å². The van der Waals surface area contributed by atoms with Gasteiger partial charge in [-0.15, -0.1) is 0 Å². The van der Waals surface area contributed by atoms with E-state index < -0.39 is 0 Å². The molecule has 0 saturated carbocycles. The summed E-state index contributed by atoms with van der Waals surface area (Å²) in [4.78, 5) is 13.5. The molecule has 0 aliphatic rings. The molecule has 5 heteroatoms. The maximum atomic E-state index is 11.8. The van der Waals surface area contributed by atoms with Gasteiger partial charge in [-0.05, 0) is 31.5 Å². The monoisotopic (exact) mass is 289 g/mol. The summed E-state index contributed by atoms with van der Waals surface area (Å²) in [6.45, 7) is 4.01. The van der Waals surface area contributed by atoms with E-state index >= 15 is 0 Å². The molecule has 1 aromatic carbocycles. The number of amides is 1. The van der Waals surface area contributed by atoms with Gasteiger partial charge in [0.2, 0.25) is 0 Å². The molecule has 0 N–H and O–H groups in total. The first kappa shape index (κ1) is 15.1. The third-order valence-corrected chi connectivity index (χ3v) is 3.28. The van der Waals surface area contributed by atoms with E-state index in [1.54, 1.807) is 30.1 Å². The number of rotatable bonds is 5. The van der Waals surface area contributed by atoms with Gasteiger partial charge in [0.05, 0.1) is 0 Å². The van der Waals surface area contributed by atoms with Crippen molar-refractivity contribution in [2.24, 2.45) is 0 Å². The van der Waals surface area contributed by atoms with Gasteiger partial charge in [-0.1, -0.05) is 30.1 Å². The molecule has 0 heterocycles. The minimum Gasteiger partial charge on any atom is -0.484 e. The molecule has 1 rings (SSSR count). The van der Waals surface area contributed by atoms with Crippen LogP contribution in [0.4, 0.5) is 0 Å². The fraction of sp³-hybridized carbons (Fsp3) is 0.462. The molecular weight excluding hydrogens is 273 g/mol. The minimum atomic E-state index is -0.0690. The first-order chi connectivity index (χ1) is 8.43. The number of hydrogen-bond acceptors (Lipinski definition) is 2. The lowest BCUT2D eigenvalue weighted by molar-refractivity contribution is -0.133. The molecule has 100 valence electrons. The fourth-order valence-corrected chi connectivity index (χ4v) is 1.88. The standard InChI is InChI=1S/C13H17Cl2NO2/c1-4-9(2)16(3)13(17)8-18-12-6-10(14)5-11(15)7-12/h5-7,9H,4,8H2,1-3H3. The molecule has 0 bridgehead atoms. The minimum absolute atomic E-state index is 0.0164. The normalized spacial score (nSPS) is 12.1. The summed E-state index contributed by atoms with van der Waals surface area (Å²) in [6.07, 6.45) is 0.908. The van der Waals surface area contributed by atoms with E-state index in [0.717, 1.165) is 6.42 Å². The van der Waals surface area contributed by atoms with E-state index in [1.165, 1.54) is 0 Å². The number of carbonyl (C=O) groups is 1. The van der Waals surface area contributed by atoms with Crippen molar-refractivity contribution in [1.29, 1.82) is 0 Å². The quantitative estimate of drug-likeness (QED) is 0.828. The SMILES string of the molecule is CCC(C)N(C)C(=O)COc1cc(Cl)cc(Cl)c1. The maximum Gasteiger partial charge on any atom is 0.260 e. The summed E-state index contributed by atoms with van der Waals surface area (Å²) in [6, 6.07) is 5.07. The average molecular weight is 290 g/mol. The molecule has 1 unspecified atom stereocenters. The molecule has 0 aliphatic carbocycles. The predicted molar refractivity (Wildman–Crippen MR) is 74.5 cm³/mol. The van der Waals surface area contributed by atoms with Crippen LogP contribution in [0.5, 0.6) is 5.75 Å². The van der Waals surface area contributed by atoms with Crippen LogP contribution in [-0.4, -0.2) is 30.5 Å². The Balaban J connectivity index is 2.57. The van der Waals surface area contributed by atoms with Gasteiger partial charge >= 0.3 is 0 Å². The molecule has 18 heavy (non-hydrogen) atoms. The Hall–Kier alpha value is -0.930. The molecular formula is C13H17Cl2NO2. The highest BCUT2D eigenvalue weighted by molar-refractivity contribution is 6.34. The topological polar surface area (TPSA) is 29.5 Å². The van der Waals surface area contributed by atoms with Crippen LogP contribution in [0.15, 0.2) is 18.2 Å². The Kier molecular flexibility index (Phi) is 5.76. The summed E-state index contributed by atoms with van der Waals surface area (Å²) in [5, 5.41) is 0.973. The van der Waals surface area contributed by atoms with E-state index in [4.69, 9.17) is 27.9 Å². The van der Waals surface area contributed by atoms with Crippen molar-refractivity contribution >= 4 is 29.1 Å². The first-order valence-electron chi connectivity index (χ1n) is 5.78.